The molecule has 1 saturated heterocycles. The normalized spacial score (nSPS) is 14.0. The lowest BCUT2D eigenvalue weighted by Crippen LogP contribution is -2.40. The third-order valence-corrected chi connectivity index (χ3v) is 4.03. The quantitative estimate of drug-likeness (QED) is 0.862. The summed E-state index contributed by atoms with van der Waals surface area (Å²) in [5, 5.41) is 5.45. The molecule has 2 aromatic rings. The van der Waals surface area contributed by atoms with Gasteiger partial charge in [-0.2, -0.15) is 0 Å². The van der Waals surface area contributed by atoms with Crippen LogP contribution in [0.25, 0.3) is 0 Å². The molecule has 2 N–H and O–H groups in total. The third-order valence-electron chi connectivity index (χ3n) is 4.03. The average Bonchev–Trinajstić information content (AvgIpc) is 2.69. The summed E-state index contributed by atoms with van der Waals surface area (Å²) in [6.45, 7) is 2.29. The van der Waals surface area contributed by atoms with E-state index in [4.69, 9.17) is 4.74 Å². The number of hydrogen-bond donors (Lipinski definition) is 2. The summed E-state index contributed by atoms with van der Waals surface area (Å²) >= 11 is 0. The van der Waals surface area contributed by atoms with E-state index in [0.717, 1.165) is 0 Å². The van der Waals surface area contributed by atoms with E-state index in [9.17, 15) is 14.0 Å². The van der Waals surface area contributed by atoms with Crippen molar-refractivity contribution in [2.24, 2.45) is 0 Å². The van der Waals surface area contributed by atoms with Crippen LogP contribution in [0, 0.1) is 5.82 Å². The molecule has 2 aromatic carbocycles. The first-order valence-corrected chi connectivity index (χ1v) is 8.39. The minimum Gasteiger partial charge on any atom is -0.378 e. The molecule has 0 atom stereocenters. The number of para-hydroxylation sites is 1. The molecule has 3 rings (SSSR count). The molecule has 0 spiro atoms. The Morgan fingerprint density at radius 1 is 1.04 bits per heavy atom. The smallest absolute Gasteiger partial charge is 0.254 e. The monoisotopic (exact) mass is 357 g/mol. The molecule has 0 bridgehead atoms. The van der Waals surface area contributed by atoms with Crippen molar-refractivity contribution in [2.75, 3.05) is 43.5 Å². The molecule has 0 aliphatic carbocycles. The highest BCUT2D eigenvalue weighted by molar-refractivity contribution is 5.95. The Morgan fingerprint density at radius 2 is 1.73 bits per heavy atom. The number of ether oxygens (including phenoxy) is 1. The van der Waals surface area contributed by atoms with Gasteiger partial charge in [-0.1, -0.05) is 12.1 Å². The van der Waals surface area contributed by atoms with Gasteiger partial charge in [0, 0.05) is 24.3 Å². The van der Waals surface area contributed by atoms with Crippen LogP contribution >= 0.6 is 0 Å². The Hall–Kier alpha value is -2.93. The van der Waals surface area contributed by atoms with Crippen molar-refractivity contribution in [3.8, 4) is 0 Å². The molecule has 26 heavy (non-hydrogen) atoms. The fraction of sp³-hybridized carbons (Fsp3) is 0.263. The van der Waals surface area contributed by atoms with Crippen molar-refractivity contribution in [2.45, 2.75) is 0 Å². The number of amides is 2. The Labute approximate surface area is 150 Å². The zero-order chi connectivity index (χ0) is 18.4. The van der Waals surface area contributed by atoms with Gasteiger partial charge in [0.15, 0.2) is 0 Å². The first-order chi connectivity index (χ1) is 12.6. The van der Waals surface area contributed by atoms with Crippen molar-refractivity contribution in [3.05, 3.63) is 59.9 Å². The molecule has 1 fully saturated rings. The van der Waals surface area contributed by atoms with Gasteiger partial charge in [0.05, 0.1) is 25.4 Å². The second-order valence-corrected chi connectivity index (χ2v) is 5.86. The minimum atomic E-state index is -0.480. The second kappa shape index (κ2) is 8.44. The third kappa shape index (κ3) is 4.58. The van der Waals surface area contributed by atoms with Crippen LogP contribution in [0.4, 0.5) is 15.8 Å². The van der Waals surface area contributed by atoms with Gasteiger partial charge in [-0.05, 0) is 36.4 Å². The topological polar surface area (TPSA) is 70.7 Å². The maximum Gasteiger partial charge on any atom is 0.254 e. The lowest BCUT2D eigenvalue weighted by Gasteiger charge is -2.26. The Bertz CT molecular complexity index is 774. The number of morpholine rings is 1. The van der Waals surface area contributed by atoms with Gasteiger partial charge in [-0.15, -0.1) is 0 Å². The summed E-state index contributed by atoms with van der Waals surface area (Å²) in [4.78, 5) is 26.0. The van der Waals surface area contributed by atoms with Crippen LogP contribution in [0.3, 0.4) is 0 Å². The van der Waals surface area contributed by atoms with Crippen LogP contribution in [-0.2, 0) is 9.53 Å². The standard InChI is InChI=1S/C19H20FN3O3/c20-16-3-1-2-4-17(16)22-18(24)13-21-15-7-5-14(6-8-15)19(25)23-9-11-26-12-10-23/h1-8,21H,9-13H2,(H,22,24). The maximum absolute atomic E-state index is 13.5. The van der Waals surface area contributed by atoms with Crippen LogP contribution in [0.15, 0.2) is 48.5 Å². The molecule has 0 aromatic heterocycles. The van der Waals surface area contributed by atoms with E-state index < -0.39 is 5.82 Å². The molecule has 0 saturated carbocycles. The van der Waals surface area contributed by atoms with E-state index in [2.05, 4.69) is 10.6 Å². The van der Waals surface area contributed by atoms with E-state index in [1.54, 1.807) is 41.3 Å². The summed E-state index contributed by atoms with van der Waals surface area (Å²) < 4.78 is 18.8. The molecule has 2 amide bonds. The average molecular weight is 357 g/mol. The molecular weight excluding hydrogens is 337 g/mol. The Morgan fingerprint density at radius 3 is 2.42 bits per heavy atom. The highest BCUT2D eigenvalue weighted by atomic mass is 19.1. The Kier molecular flexibility index (Phi) is 5.80. The zero-order valence-electron chi connectivity index (χ0n) is 14.2. The van der Waals surface area contributed by atoms with Crippen LogP contribution in [0.2, 0.25) is 0 Å². The first-order valence-electron chi connectivity index (χ1n) is 8.39. The fourth-order valence-corrected chi connectivity index (χ4v) is 2.62. The zero-order valence-corrected chi connectivity index (χ0v) is 14.2. The SMILES string of the molecule is O=C(CNc1ccc(C(=O)N2CCOCC2)cc1)Nc1ccccc1F. The molecule has 7 heteroatoms. The van der Waals surface area contributed by atoms with Crippen molar-refractivity contribution in [1.29, 1.82) is 0 Å². The number of carbonyl (C=O) groups excluding carboxylic acids is 2. The Balaban J connectivity index is 1.52. The molecule has 1 aliphatic heterocycles. The van der Waals surface area contributed by atoms with Gasteiger partial charge in [-0.25, -0.2) is 4.39 Å². The molecular formula is C19H20FN3O3. The number of anilines is 2. The molecule has 0 unspecified atom stereocenters. The summed E-state index contributed by atoms with van der Waals surface area (Å²) in [6, 6.07) is 12.9. The van der Waals surface area contributed by atoms with Crippen LogP contribution < -0.4 is 10.6 Å². The predicted molar refractivity (Wildman–Crippen MR) is 96.7 cm³/mol. The fourth-order valence-electron chi connectivity index (χ4n) is 2.62. The molecule has 6 nitrogen and oxygen atoms in total. The largest absolute Gasteiger partial charge is 0.378 e. The van der Waals surface area contributed by atoms with Gasteiger partial charge in [0.25, 0.3) is 5.91 Å². The van der Waals surface area contributed by atoms with Gasteiger partial charge in [0.1, 0.15) is 5.82 Å². The van der Waals surface area contributed by atoms with Crippen LogP contribution in [0.1, 0.15) is 10.4 Å². The van der Waals surface area contributed by atoms with E-state index >= 15 is 0 Å². The van der Waals surface area contributed by atoms with Crippen molar-refractivity contribution in [1.82, 2.24) is 4.90 Å². The summed E-state index contributed by atoms with van der Waals surface area (Å²) in [5.41, 5.74) is 1.44. The number of carbonyl (C=O) groups is 2. The van der Waals surface area contributed by atoms with Gasteiger partial charge < -0.3 is 20.3 Å². The van der Waals surface area contributed by atoms with E-state index in [-0.39, 0.29) is 24.0 Å². The number of nitrogens with one attached hydrogen (secondary N) is 2. The van der Waals surface area contributed by atoms with Crippen molar-refractivity contribution in [3.63, 3.8) is 0 Å². The highest BCUT2D eigenvalue weighted by Crippen LogP contribution is 2.14. The lowest BCUT2D eigenvalue weighted by molar-refractivity contribution is -0.114. The van der Waals surface area contributed by atoms with Crippen LogP contribution in [-0.4, -0.2) is 49.6 Å². The number of nitrogens with zero attached hydrogens (tertiary/aromatic N) is 1. The van der Waals surface area contributed by atoms with Gasteiger partial charge in [0.2, 0.25) is 5.91 Å². The minimum absolute atomic E-state index is 0.00884. The molecule has 1 heterocycles. The molecule has 1 aliphatic rings. The maximum atomic E-state index is 13.5. The number of rotatable bonds is 5. The summed E-state index contributed by atoms with van der Waals surface area (Å²) in [5.74, 6) is -0.868. The molecule has 136 valence electrons. The highest BCUT2D eigenvalue weighted by Gasteiger charge is 2.18. The van der Waals surface area contributed by atoms with Crippen molar-refractivity contribution < 1.29 is 18.7 Å². The first kappa shape index (κ1) is 17.9. The van der Waals surface area contributed by atoms with Gasteiger partial charge >= 0.3 is 0 Å². The van der Waals surface area contributed by atoms with Gasteiger partial charge in [-0.3, -0.25) is 9.59 Å². The van der Waals surface area contributed by atoms with Crippen molar-refractivity contribution >= 4 is 23.2 Å². The summed E-state index contributed by atoms with van der Waals surface area (Å²) in [7, 11) is 0. The van der Waals surface area contributed by atoms with E-state index in [1.807, 2.05) is 0 Å². The molecule has 0 radical (unpaired) electrons. The second-order valence-electron chi connectivity index (χ2n) is 5.86. The summed E-state index contributed by atoms with van der Waals surface area (Å²) in [6.07, 6.45) is 0. The number of halogens is 1. The lowest BCUT2D eigenvalue weighted by atomic mass is 10.1. The van der Waals surface area contributed by atoms with E-state index in [1.165, 1.54) is 12.1 Å². The number of hydrogen-bond acceptors (Lipinski definition) is 4. The predicted octanol–water partition coefficient (Wildman–Crippen LogP) is 2.35. The number of benzene rings is 2. The van der Waals surface area contributed by atoms with Crippen LogP contribution in [0.5, 0.6) is 0 Å². The van der Waals surface area contributed by atoms with E-state index in [0.29, 0.717) is 37.6 Å².